The Balaban J connectivity index is 0.00000625. The van der Waals surface area contributed by atoms with Crippen LogP contribution in [0.4, 0.5) is 13.2 Å². The second kappa shape index (κ2) is 14.0. The number of methoxy groups -OCH3 is 1. The summed E-state index contributed by atoms with van der Waals surface area (Å²) in [5, 5.41) is 6.23. The zero-order valence-corrected chi connectivity index (χ0v) is 17.4. The Morgan fingerprint density at radius 1 is 1.04 bits per heavy atom. The minimum absolute atomic E-state index is 0. The number of hydrogen-bond acceptors (Lipinski definition) is 3. The van der Waals surface area contributed by atoms with Crippen LogP contribution in [0.1, 0.15) is 24.0 Å². The van der Waals surface area contributed by atoms with Crippen molar-refractivity contribution in [1.29, 1.82) is 0 Å². The Morgan fingerprint density at radius 3 is 2.31 bits per heavy atom. The van der Waals surface area contributed by atoms with Crippen molar-refractivity contribution < 1.29 is 22.6 Å². The maximum Gasteiger partial charge on any atom is 0.416 e. The molecule has 0 saturated heterocycles. The molecular formula is C17H27F3IN3O2. The molecule has 2 N–H and O–H groups in total. The number of unbranched alkanes of at least 4 members (excludes halogenated alkanes) is 1. The minimum Gasteiger partial charge on any atom is -0.382 e. The SMILES string of the molecule is CN=C(NCCCCOCCOC)NCc1ccc(C(F)(F)F)cc1.I. The van der Waals surface area contributed by atoms with Gasteiger partial charge in [-0.05, 0) is 30.5 Å². The predicted molar refractivity (Wildman–Crippen MR) is 107 cm³/mol. The van der Waals surface area contributed by atoms with Crippen LogP contribution in [0.2, 0.25) is 0 Å². The van der Waals surface area contributed by atoms with Gasteiger partial charge in [0.05, 0.1) is 18.8 Å². The summed E-state index contributed by atoms with van der Waals surface area (Å²) in [4.78, 5) is 4.08. The molecule has 0 saturated carbocycles. The van der Waals surface area contributed by atoms with Crippen LogP contribution in [0, 0.1) is 0 Å². The van der Waals surface area contributed by atoms with Crippen molar-refractivity contribution in [1.82, 2.24) is 10.6 Å². The average Bonchev–Trinajstić information content (AvgIpc) is 2.59. The third-order valence-electron chi connectivity index (χ3n) is 3.40. The second-order valence-corrected chi connectivity index (χ2v) is 5.36. The molecule has 5 nitrogen and oxygen atoms in total. The van der Waals surface area contributed by atoms with Crippen LogP contribution in [-0.4, -0.2) is 46.5 Å². The van der Waals surface area contributed by atoms with Gasteiger partial charge in [-0.3, -0.25) is 4.99 Å². The fourth-order valence-electron chi connectivity index (χ4n) is 2.00. The number of nitrogens with zero attached hydrogens (tertiary/aromatic N) is 1. The average molecular weight is 489 g/mol. The number of hydrogen-bond donors (Lipinski definition) is 2. The summed E-state index contributed by atoms with van der Waals surface area (Å²) in [6.07, 6.45) is -2.46. The minimum atomic E-state index is -4.31. The lowest BCUT2D eigenvalue weighted by molar-refractivity contribution is -0.137. The first-order chi connectivity index (χ1) is 12.0. The highest BCUT2D eigenvalue weighted by molar-refractivity contribution is 14.0. The normalized spacial score (nSPS) is 11.8. The Kier molecular flexibility index (Phi) is 13.5. The summed E-state index contributed by atoms with van der Waals surface area (Å²) >= 11 is 0. The number of guanidine groups is 1. The molecule has 1 aromatic rings. The molecule has 0 fully saturated rings. The van der Waals surface area contributed by atoms with Gasteiger partial charge in [0.2, 0.25) is 0 Å². The van der Waals surface area contributed by atoms with Gasteiger partial charge in [0.25, 0.3) is 0 Å². The third-order valence-corrected chi connectivity index (χ3v) is 3.40. The number of rotatable bonds is 10. The fraction of sp³-hybridized carbons (Fsp3) is 0.588. The van der Waals surface area contributed by atoms with Gasteiger partial charge < -0.3 is 20.1 Å². The summed E-state index contributed by atoms with van der Waals surface area (Å²) < 4.78 is 47.8. The lowest BCUT2D eigenvalue weighted by Crippen LogP contribution is -2.37. The van der Waals surface area contributed by atoms with E-state index in [0.29, 0.717) is 32.3 Å². The molecule has 1 aromatic carbocycles. The van der Waals surface area contributed by atoms with Crippen LogP contribution in [0.15, 0.2) is 29.3 Å². The molecule has 0 bridgehead atoms. The smallest absolute Gasteiger partial charge is 0.382 e. The van der Waals surface area contributed by atoms with E-state index in [9.17, 15) is 13.2 Å². The zero-order chi connectivity index (χ0) is 18.5. The van der Waals surface area contributed by atoms with E-state index >= 15 is 0 Å². The Bertz CT molecular complexity index is 511. The molecule has 0 spiro atoms. The Labute approximate surface area is 169 Å². The van der Waals surface area contributed by atoms with Gasteiger partial charge in [-0.2, -0.15) is 13.2 Å². The summed E-state index contributed by atoms with van der Waals surface area (Å²) in [7, 11) is 3.28. The number of nitrogens with one attached hydrogen (secondary N) is 2. The van der Waals surface area contributed by atoms with Crippen molar-refractivity contribution in [3.8, 4) is 0 Å². The van der Waals surface area contributed by atoms with E-state index in [1.807, 2.05) is 0 Å². The molecule has 150 valence electrons. The third kappa shape index (κ3) is 10.8. The molecule has 0 aliphatic rings. The van der Waals surface area contributed by atoms with Crippen LogP contribution < -0.4 is 10.6 Å². The van der Waals surface area contributed by atoms with Crippen molar-refractivity contribution in [3.05, 3.63) is 35.4 Å². The van der Waals surface area contributed by atoms with Gasteiger partial charge in [-0.25, -0.2) is 0 Å². The number of halogens is 4. The quantitative estimate of drug-likeness (QED) is 0.229. The molecule has 0 aliphatic heterocycles. The van der Waals surface area contributed by atoms with Crippen LogP contribution in [0.5, 0.6) is 0 Å². The molecule has 0 aromatic heterocycles. The number of alkyl halides is 3. The van der Waals surface area contributed by atoms with Gasteiger partial charge in [0, 0.05) is 33.9 Å². The molecule has 0 aliphatic carbocycles. The summed E-state index contributed by atoms with van der Waals surface area (Å²) in [5.41, 5.74) is 0.106. The Hall–Kier alpha value is -1.07. The van der Waals surface area contributed by atoms with Gasteiger partial charge >= 0.3 is 6.18 Å². The molecule has 0 amide bonds. The van der Waals surface area contributed by atoms with Crippen molar-refractivity contribution in [2.75, 3.05) is 40.5 Å². The van der Waals surface area contributed by atoms with Crippen molar-refractivity contribution in [3.63, 3.8) is 0 Å². The van der Waals surface area contributed by atoms with E-state index < -0.39 is 11.7 Å². The summed E-state index contributed by atoms with van der Waals surface area (Å²) in [6, 6.07) is 5.08. The van der Waals surface area contributed by atoms with E-state index in [2.05, 4.69) is 15.6 Å². The van der Waals surface area contributed by atoms with Crippen molar-refractivity contribution in [2.45, 2.75) is 25.6 Å². The first-order valence-corrected chi connectivity index (χ1v) is 8.14. The highest BCUT2D eigenvalue weighted by Crippen LogP contribution is 2.28. The molecular weight excluding hydrogens is 462 g/mol. The predicted octanol–water partition coefficient (Wildman–Crippen LogP) is 3.43. The van der Waals surface area contributed by atoms with Crippen molar-refractivity contribution >= 4 is 29.9 Å². The van der Waals surface area contributed by atoms with Crippen molar-refractivity contribution in [2.24, 2.45) is 4.99 Å². The van der Waals surface area contributed by atoms with Crippen LogP contribution >= 0.6 is 24.0 Å². The maximum absolute atomic E-state index is 12.5. The number of ether oxygens (including phenoxy) is 2. The fourth-order valence-corrected chi connectivity index (χ4v) is 2.00. The van der Waals surface area contributed by atoms with Crippen LogP contribution in [-0.2, 0) is 22.2 Å². The highest BCUT2D eigenvalue weighted by Gasteiger charge is 2.29. The van der Waals surface area contributed by atoms with Crippen LogP contribution in [0.25, 0.3) is 0 Å². The Morgan fingerprint density at radius 2 is 1.73 bits per heavy atom. The van der Waals surface area contributed by atoms with Gasteiger partial charge in [-0.1, -0.05) is 12.1 Å². The first-order valence-electron chi connectivity index (χ1n) is 8.14. The van der Waals surface area contributed by atoms with Gasteiger partial charge in [-0.15, -0.1) is 24.0 Å². The molecule has 0 radical (unpaired) electrons. The van der Waals surface area contributed by atoms with E-state index in [0.717, 1.165) is 37.1 Å². The first kappa shape index (κ1) is 24.9. The lowest BCUT2D eigenvalue weighted by Gasteiger charge is -2.12. The van der Waals surface area contributed by atoms with E-state index in [1.165, 1.54) is 12.1 Å². The van der Waals surface area contributed by atoms with Crippen LogP contribution in [0.3, 0.4) is 0 Å². The topological polar surface area (TPSA) is 54.9 Å². The largest absolute Gasteiger partial charge is 0.416 e. The molecule has 26 heavy (non-hydrogen) atoms. The molecule has 0 heterocycles. The number of aliphatic imine (C=N–C) groups is 1. The standard InChI is InChI=1S/C17H26F3N3O2.HI/c1-21-16(22-9-3-4-10-25-12-11-24-2)23-13-14-5-7-15(8-6-14)17(18,19)20;/h5-8H,3-4,9-13H2,1-2H3,(H2,21,22,23);1H. The summed E-state index contributed by atoms with van der Waals surface area (Å²) in [6.45, 7) is 3.01. The lowest BCUT2D eigenvalue weighted by atomic mass is 10.1. The molecule has 1 rings (SSSR count). The zero-order valence-electron chi connectivity index (χ0n) is 15.1. The monoisotopic (exact) mass is 489 g/mol. The van der Waals surface area contributed by atoms with Gasteiger partial charge in [0.15, 0.2) is 5.96 Å². The second-order valence-electron chi connectivity index (χ2n) is 5.36. The van der Waals surface area contributed by atoms with E-state index in [1.54, 1.807) is 14.2 Å². The highest BCUT2D eigenvalue weighted by atomic mass is 127. The molecule has 0 atom stereocenters. The molecule has 0 unspecified atom stereocenters. The van der Waals surface area contributed by atoms with E-state index in [-0.39, 0.29) is 24.0 Å². The van der Waals surface area contributed by atoms with Gasteiger partial charge in [0.1, 0.15) is 0 Å². The maximum atomic E-state index is 12.5. The van der Waals surface area contributed by atoms with E-state index in [4.69, 9.17) is 9.47 Å². The summed E-state index contributed by atoms with van der Waals surface area (Å²) in [5.74, 6) is 0.611. The molecule has 9 heteroatoms. The number of benzene rings is 1.